The predicted octanol–water partition coefficient (Wildman–Crippen LogP) is 1.13. The Morgan fingerprint density at radius 2 is 1.62 bits per heavy atom. The highest BCUT2D eigenvalue weighted by Gasteiger charge is 2.32. The summed E-state index contributed by atoms with van der Waals surface area (Å²) in [6, 6.07) is 7.75. The Kier molecular flexibility index (Phi) is 5.16. The van der Waals surface area contributed by atoms with E-state index in [1.165, 1.54) is 0 Å². The average Bonchev–Trinajstić information content (AvgIpc) is 2.89. The van der Waals surface area contributed by atoms with Crippen LogP contribution in [0.25, 0.3) is 0 Å². The van der Waals surface area contributed by atoms with Gasteiger partial charge in [0.05, 0.1) is 0 Å². The molecule has 2 fully saturated rings. The lowest BCUT2D eigenvalue weighted by atomic mass is 10.2. The van der Waals surface area contributed by atoms with Gasteiger partial charge in [0.15, 0.2) is 0 Å². The molecule has 2 heterocycles. The zero-order valence-electron chi connectivity index (χ0n) is 13.4. The first kappa shape index (κ1) is 16.9. The van der Waals surface area contributed by atoms with Crippen LogP contribution < -0.4 is 0 Å². The fourth-order valence-electron chi connectivity index (χ4n) is 3.06. The molecule has 1 aromatic carbocycles. The Morgan fingerprint density at radius 1 is 1.00 bits per heavy atom. The normalized spacial score (nSPS) is 19.2. The summed E-state index contributed by atoms with van der Waals surface area (Å²) in [5.41, 5.74) is 1.08. The third-order valence-corrected chi connectivity index (χ3v) is 4.89. The van der Waals surface area contributed by atoms with Gasteiger partial charge in [-0.15, -0.1) is 0 Å². The van der Waals surface area contributed by atoms with E-state index in [1.54, 1.807) is 4.90 Å². The lowest BCUT2D eigenvalue weighted by molar-refractivity contribution is -0.146. The molecule has 0 bridgehead atoms. The zero-order chi connectivity index (χ0) is 17.1. The molecule has 0 N–H and O–H groups in total. The molecule has 0 aromatic heterocycles. The molecule has 2 aliphatic rings. The second kappa shape index (κ2) is 7.32. The van der Waals surface area contributed by atoms with Crippen LogP contribution in [-0.4, -0.2) is 65.1 Å². The number of carbonyl (C=O) groups excluding carboxylic acids is 3. The molecule has 0 aliphatic carbocycles. The molecule has 6 nitrogen and oxygen atoms in total. The van der Waals surface area contributed by atoms with Crippen molar-refractivity contribution in [1.82, 2.24) is 14.7 Å². The van der Waals surface area contributed by atoms with Gasteiger partial charge in [-0.05, 0) is 11.6 Å². The number of hydrogen-bond donors (Lipinski definition) is 0. The van der Waals surface area contributed by atoms with Crippen molar-refractivity contribution in [1.29, 1.82) is 0 Å². The van der Waals surface area contributed by atoms with E-state index >= 15 is 0 Å². The van der Waals surface area contributed by atoms with Crippen LogP contribution in [0.2, 0.25) is 5.02 Å². The maximum absolute atomic E-state index is 12.3. The molecular formula is C17H20ClN3O3. The molecular weight excluding hydrogens is 330 g/mol. The molecule has 0 saturated carbocycles. The van der Waals surface area contributed by atoms with Crippen molar-refractivity contribution in [3.05, 3.63) is 34.9 Å². The largest absolute Gasteiger partial charge is 0.339 e. The van der Waals surface area contributed by atoms with E-state index in [2.05, 4.69) is 4.90 Å². The van der Waals surface area contributed by atoms with Crippen molar-refractivity contribution in [3.63, 3.8) is 0 Å². The second-order valence-electron chi connectivity index (χ2n) is 6.12. The van der Waals surface area contributed by atoms with Crippen molar-refractivity contribution in [2.75, 3.05) is 32.7 Å². The number of benzene rings is 1. The SMILES string of the molecule is O=C(CN1C(=O)CCC1=O)N1CCN(Cc2ccccc2Cl)CC1. The van der Waals surface area contributed by atoms with Gasteiger partial charge in [0.1, 0.15) is 6.54 Å². The standard InChI is InChI=1S/C17H20ClN3O3/c18-14-4-2-1-3-13(14)11-19-7-9-20(10-8-19)17(24)12-21-15(22)5-6-16(21)23/h1-4H,5-12H2. The highest BCUT2D eigenvalue weighted by molar-refractivity contribution is 6.31. The quantitative estimate of drug-likeness (QED) is 0.765. The maximum Gasteiger partial charge on any atom is 0.242 e. The van der Waals surface area contributed by atoms with Gasteiger partial charge in [-0.3, -0.25) is 24.2 Å². The molecule has 3 amide bonds. The first-order valence-corrected chi connectivity index (χ1v) is 8.49. The second-order valence-corrected chi connectivity index (χ2v) is 6.53. The van der Waals surface area contributed by atoms with Crippen LogP contribution in [0.3, 0.4) is 0 Å². The van der Waals surface area contributed by atoms with Gasteiger partial charge >= 0.3 is 0 Å². The minimum absolute atomic E-state index is 0.123. The van der Waals surface area contributed by atoms with E-state index < -0.39 is 0 Å². The summed E-state index contributed by atoms with van der Waals surface area (Å²) in [5.74, 6) is -0.646. The first-order chi connectivity index (χ1) is 11.5. The van der Waals surface area contributed by atoms with Gasteiger partial charge in [-0.2, -0.15) is 0 Å². The number of likely N-dealkylation sites (tertiary alicyclic amines) is 1. The molecule has 24 heavy (non-hydrogen) atoms. The number of halogens is 1. The summed E-state index contributed by atoms with van der Waals surface area (Å²) in [4.78, 5) is 40.6. The molecule has 0 spiro atoms. The fraction of sp³-hybridized carbons (Fsp3) is 0.471. The molecule has 2 saturated heterocycles. The van der Waals surface area contributed by atoms with Crippen molar-refractivity contribution >= 4 is 29.3 Å². The van der Waals surface area contributed by atoms with Crippen LogP contribution in [0.5, 0.6) is 0 Å². The molecule has 128 valence electrons. The third-order valence-electron chi connectivity index (χ3n) is 4.52. The van der Waals surface area contributed by atoms with Crippen LogP contribution in [0.15, 0.2) is 24.3 Å². The Hall–Kier alpha value is -1.92. The Morgan fingerprint density at radius 3 is 2.25 bits per heavy atom. The maximum atomic E-state index is 12.3. The average molecular weight is 350 g/mol. The molecule has 3 rings (SSSR count). The number of imide groups is 1. The number of piperazine rings is 1. The molecule has 0 atom stereocenters. The number of carbonyl (C=O) groups is 3. The van der Waals surface area contributed by atoms with Crippen LogP contribution in [0.1, 0.15) is 18.4 Å². The van der Waals surface area contributed by atoms with Crippen molar-refractivity contribution in [2.45, 2.75) is 19.4 Å². The van der Waals surface area contributed by atoms with Gasteiger partial charge in [0.25, 0.3) is 0 Å². The number of nitrogens with zero attached hydrogens (tertiary/aromatic N) is 3. The minimum Gasteiger partial charge on any atom is -0.339 e. The summed E-state index contributed by atoms with van der Waals surface area (Å²) in [6.45, 7) is 3.32. The molecule has 0 unspecified atom stereocenters. The van der Waals surface area contributed by atoms with Crippen molar-refractivity contribution in [2.24, 2.45) is 0 Å². The Balaban J connectivity index is 1.50. The first-order valence-electron chi connectivity index (χ1n) is 8.11. The minimum atomic E-state index is -0.245. The molecule has 0 radical (unpaired) electrons. The smallest absolute Gasteiger partial charge is 0.242 e. The van der Waals surface area contributed by atoms with Gasteiger partial charge < -0.3 is 4.90 Å². The van der Waals surface area contributed by atoms with Crippen LogP contribution in [0.4, 0.5) is 0 Å². The predicted molar refractivity (Wildman–Crippen MR) is 89.3 cm³/mol. The highest BCUT2D eigenvalue weighted by atomic mass is 35.5. The topological polar surface area (TPSA) is 60.9 Å². The lowest BCUT2D eigenvalue weighted by Crippen LogP contribution is -2.51. The summed E-state index contributed by atoms with van der Waals surface area (Å²) in [6.07, 6.45) is 0.440. The fourth-order valence-corrected chi connectivity index (χ4v) is 3.25. The van der Waals surface area contributed by atoms with E-state index in [0.717, 1.165) is 35.1 Å². The van der Waals surface area contributed by atoms with Gasteiger partial charge in [-0.25, -0.2) is 0 Å². The van der Waals surface area contributed by atoms with Crippen molar-refractivity contribution < 1.29 is 14.4 Å². The Bertz CT molecular complexity index is 640. The summed E-state index contributed by atoms with van der Waals surface area (Å²) >= 11 is 6.18. The van der Waals surface area contributed by atoms with Crippen LogP contribution in [0, 0.1) is 0 Å². The Labute approximate surface area is 146 Å². The van der Waals surface area contributed by atoms with E-state index in [1.807, 2.05) is 24.3 Å². The van der Waals surface area contributed by atoms with Gasteiger partial charge in [0, 0.05) is 50.6 Å². The molecule has 2 aliphatic heterocycles. The molecule has 7 heteroatoms. The summed E-state index contributed by atoms with van der Waals surface area (Å²) in [5, 5.41) is 0.752. The number of amides is 3. The monoisotopic (exact) mass is 349 g/mol. The van der Waals surface area contributed by atoms with E-state index in [-0.39, 0.29) is 37.1 Å². The zero-order valence-corrected chi connectivity index (χ0v) is 14.2. The molecule has 1 aromatic rings. The van der Waals surface area contributed by atoms with E-state index in [0.29, 0.717) is 13.1 Å². The van der Waals surface area contributed by atoms with Crippen LogP contribution >= 0.6 is 11.6 Å². The summed E-state index contributed by atoms with van der Waals surface area (Å²) < 4.78 is 0. The van der Waals surface area contributed by atoms with Crippen molar-refractivity contribution in [3.8, 4) is 0 Å². The highest BCUT2D eigenvalue weighted by Crippen LogP contribution is 2.18. The van der Waals surface area contributed by atoms with E-state index in [9.17, 15) is 14.4 Å². The van der Waals surface area contributed by atoms with Gasteiger partial charge in [-0.1, -0.05) is 29.8 Å². The number of hydrogen-bond acceptors (Lipinski definition) is 4. The van der Waals surface area contributed by atoms with E-state index in [4.69, 9.17) is 11.6 Å². The summed E-state index contributed by atoms with van der Waals surface area (Å²) in [7, 11) is 0. The number of rotatable bonds is 4. The van der Waals surface area contributed by atoms with Gasteiger partial charge in [0.2, 0.25) is 17.7 Å². The van der Waals surface area contributed by atoms with Crippen LogP contribution in [-0.2, 0) is 20.9 Å². The lowest BCUT2D eigenvalue weighted by Gasteiger charge is -2.35. The third kappa shape index (κ3) is 3.76.